The summed E-state index contributed by atoms with van der Waals surface area (Å²) in [5, 5.41) is 0.0778. The van der Waals surface area contributed by atoms with Gasteiger partial charge in [0.05, 0.1) is 11.4 Å². The van der Waals surface area contributed by atoms with E-state index in [0.29, 0.717) is 5.69 Å². The van der Waals surface area contributed by atoms with Crippen LogP contribution in [-0.2, 0) is 11.0 Å². The van der Waals surface area contributed by atoms with Crippen LogP contribution in [-0.4, -0.2) is 9.46 Å². The molecule has 1 atom stereocenters. The van der Waals surface area contributed by atoms with E-state index >= 15 is 0 Å². The molecule has 1 aromatic rings. The zero-order chi connectivity index (χ0) is 10.7. The molecule has 0 aliphatic carbocycles. The number of nitrogens with one attached hydrogen (secondary N) is 1. The number of hydrogen-bond acceptors (Lipinski definition) is 2. The summed E-state index contributed by atoms with van der Waals surface area (Å²) in [6.07, 6.45) is 0. The molecule has 0 fully saturated rings. The minimum Gasteiger partial charge on any atom is -0.397 e. The molecule has 0 bridgehead atoms. The summed E-state index contributed by atoms with van der Waals surface area (Å²) in [7, 11) is -1.07. The lowest BCUT2D eigenvalue weighted by molar-refractivity contribution is 0.680. The maximum atomic E-state index is 11.6. The highest BCUT2D eigenvalue weighted by Crippen LogP contribution is 2.23. The van der Waals surface area contributed by atoms with Gasteiger partial charge in [0, 0.05) is 5.25 Å². The number of anilines is 2. The number of rotatable bonds is 3. The molecule has 3 N–H and O–H groups in total. The quantitative estimate of drug-likeness (QED) is 0.753. The number of benzene rings is 1. The molecular weight excluding hydrogens is 196 g/mol. The lowest BCUT2D eigenvalue weighted by atomic mass is 10.2. The first-order valence-corrected chi connectivity index (χ1v) is 5.76. The molecule has 0 spiro atoms. The molecule has 0 aliphatic heterocycles. The van der Waals surface area contributed by atoms with Crippen LogP contribution in [0.25, 0.3) is 0 Å². The monoisotopic (exact) mass is 212 g/mol. The number of nitrogen functional groups attached to an aromatic ring is 1. The van der Waals surface area contributed by atoms with Crippen molar-refractivity contribution in [2.24, 2.45) is 0 Å². The average molecular weight is 212 g/mol. The van der Waals surface area contributed by atoms with Gasteiger partial charge in [-0.15, -0.1) is 0 Å². The minimum atomic E-state index is -1.07. The fraction of sp³-hybridized carbons (Fsp3) is 0.400. The maximum absolute atomic E-state index is 11.6. The smallest absolute Gasteiger partial charge is 0.119 e. The van der Waals surface area contributed by atoms with Gasteiger partial charge >= 0.3 is 0 Å². The van der Waals surface area contributed by atoms with Crippen LogP contribution in [0.5, 0.6) is 0 Å². The first-order chi connectivity index (χ1) is 6.52. The lowest BCUT2D eigenvalue weighted by Gasteiger charge is -2.13. The van der Waals surface area contributed by atoms with Crippen LogP contribution in [0.1, 0.15) is 19.4 Å². The predicted octanol–water partition coefficient (Wildman–Crippen LogP) is 2.06. The minimum absolute atomic E-state index is 0.0778. The fourth-order valence-electron chi connectivity index (χ4n) is 1.05. The van der Waals surface area contributed by atoms with Crippen molar-refractivity contribution in [2.75, 3.05) is 10.5 Å². The number of nitrogens with two attached hydrogens (primary N) is 1. The van der Waals surface area contributed by atoms with Gasteiger partial charge in [-0.2, -0.15) is 0 Å². The van der Waals surface area contributed by atoms with Gasteiger partial charge < -0.3 is 10.5 Å². The highest BCUT2D eigenvalue weighted by atomic mass is 32.2. The summed E-state index contributed by atoms with van der Waals surface area (Å²) in [5.41, 5.74) is 8.20. The van der Waals surface area contributed by atoms with E-state index in [-0.39, 0.29) is 5.25 Å². The Hall–Kier alpha value is -1.03. The Morgan fingerprint density at radius 2 is 2.07 bits per heavy atom. The van der Waals surface area contributed by atoms with Crippen molar-refractivity contribution in [3.05, 3.63) is 23.8 Å². The van der Waals surface area contributed by atoms with E-state index in [2.05, 4.69) is 4.72 Å². The zero-order valence-corrected chi connectivity index (χ0v) is 9.52. The second-order valence-corrected chi connectivity index (χ2v) is 5.23. The lowest BCUT2D eigenvalue weighted by Crippen LogP contribution is -2.16. The Morgan fingerprint density at radius 3 is 2.57 bits per heavy atom. The van der Waals surface area contributed by atoms with E-state index in [1.165, 1.54) is 0 Å². The van der Waals surface area contributed by atoms with Crippen LogP contribution in [0, 0.1) is 6.92 Å². The first kappa shape index (κ1) is 11.0. The Labute approximate surface area is 87.3 Å². The van der Waals surface area contributed by atoms with Crippen molar-refractivity contribution in [3.63, 3.8) is 0 Å². The molecule has 0 saturated carbocycles. The zero-order valence-electron chi connectivity index (χ0n) is 8.70. The second-order valence-electron chi connectivity index (χ2n) is 3.49. The third-order valence-corrected chi connectivity index (χ3v) is 3.20. The molecular formula is C10H16N2OS. The van der Waals surface area contributed by atoms with E-state index < -0.39 is 11.0 Å². The van der Waals surface area contributed by atoms with Crippen molar-refractivity contribution in [1.29, 1.82) is 0 Å². The first-order valence-electron chi connectivity index (χ1n) is 4.54. The molecule has 0 radical (unpaired) electrons. The van der Waals surface area contributed by atoms with Crippen LogP contribution in [0.15, 0.2) is 18.2 Å². The molecule has 0 heterocycles. The van der Waals surface area contributed by atoms with Gasteiger partial charge in [0.1, 0.15) is 11.0 Å². The van der Waals surface area contributed by atoms with Crippen molar-refractivity contribution in [2.45, 2.75) is 26.0 Å². The topological polar surface area (TPSA) is 55.1 Å². The van der Waals surface area contributed by atoms with E-state index in [1.807, 2.05) is 32.9 Å². The predicted molar refractivity (Wildman–Crippen MR) is 62.5 cm³/mol. The Kier molecular flexibility index (Phi) is 3.52. The summed E-state index contributed by atoms with van der Waals surface area (Å²) < 4.78 is 14.5. The van der Waals surface area contributed by atoms with E-state index in [0.717, 1.165) is 11.3 Å². The van der Waals surface area contributed by atoms with Gasteiger partial charge in [-0.3, -0.25) is 0 Å². The Morgan fingerprint density at radius 1 is 1.43 bits per heavy atom. The highest BCUT2D eigenvalue weighted by Gasteiger charge is 2.08. The number of hydrogen-bond donors (Lipinski definition) is 2. The third kappa shape index (κ3) is 2.48. The fourth-order valence-corrected chi connectivity index (χ4v) is 1.76. The SMILES string of the molecule is Cc1cccc(N)c1NS(=O)C(C)C. The van der Waals surface area contributed by atoms with Gasteiger partial charge in [-0.25, -0.2) is 4.21 Å². The van der Waals surface area contributed by atoms with E-state index in [1.54, 1.807) is 6.07 Å². The number of para-hydroxylation sites is 1. The molecule has 14 heavy (non-hydrogen) atoms. The summed E-state index contributed by atoms with van der Waals surface area (Å²) in [5.74, 6) is 0. The standard InChI is InChI=1S/C10H16N2OS/c1-7(2)14(13)12-10-8(3)5-4-6-9(10)11/h4-7,12H,11H2,1-3H3. The van der Waals surface area contributed by atoms with Gasteiger partial charge in [0.2, 0.25) is 0 Å². The molecule has 0 aliphatic rings. The highest BCUT2D eigenvalue weighted by molar-refractivity contribution is 7.86. The Balaban J connectivity index is 2.91. The molecule has 3 nitrogen and oxygen atoms in total. The second kappa shape index (κ2) is 4.46. The number of aryl methyl sites for hydroxylation is 1. The molecule has 0 aromatic heterocycles. The van der Waals surface area contributed by atoms with Crippen molar-refractivity contribution in [3.8, 4) is 0 Å². The molecule has 1 aromatic carbocycles. The van der Waals surface area contributed by atoms with Crippen LogP contribution >= 0.6 is 0 Å². The molecule has 0 amide bonds. The van der Waals surface area contributed by atoms with Gasteiger partial charge in [-0.05, 0) is 32.4 Å². The molecule has 4 heteroatoms. The third-order valence-electron chi connectivity index (χ3n) is 1.94. The Bertz CT molecular complexity index is 330. The van der Waals surface area contributed by atoms with Crippen molar-refractivity contribution >= 4 is 22.4 Å². The van der Waals surface area contributed by atoms with Gasteiger partial charge in [0.15, 0.2) is 0 Å². The molecule has 78 valence electrons. The maximum Gasteiger partial charge on any atom is 0.119 e. The molecule has 0 saturated heterocycles. The van der Waals surface area contributed by atoms with Crippen LogP contribution in [0.2, 0.25) is 0 Å². The summed E-state index contributed by atoms with van der Waals surface area (Å²) >= 11 is 0. The van der Waals surface area contributed by atoms with Gasteiger partial charge in [0.25, 0.3) is 0 Å². The van der Waals surface area contributed by atoms with Crippen molar-refractivity contribution < 1.29 is 4.21 Å². The van der Waals surface area contributed by atoms with E-state index in [4.69, 9.17) is 5.73 Å². The molecule has 1 rings (SSSR count). The van der Waals surface area contributed by atoms with Crippen LogP contribution in [0.4, 0.5) is 11.4 Å². The van der Waals surface area contributed by atoms with Crippen molar-refractivity contribution in [1.82, 2.24) is 0 Å². The largest absolute Gasteiger partial charge is 0.397 e. The summed E-state index contributed by atoms with van der Waals surface area (Å²) in [6, 6.07) is 5.62. The average Bonchev–Trinajstić information content (AvgIpc) is 2.11. The van der Waals surface area contributed by atoms with Crippen LogP contribution < -0.4 is 10.5 Å². The normalized spacial score (nSPS) is 12.9. The van der Waals surface area contributed by atoms with E-state index in [9.17, 15) is 4.21 Å². The summed E-state index contributed by atoms with van der Waals surface area (Å²) in [6.45, 7) is 5.74. The molecule has 1 unspecified atom stereocenters. The van der Waals surface area contributed by atoms with Gasteiger partial charge in [-0.1, -0.05) is 12.1 Å². The summed E-state index contributed by atoms with van der Waals surface area (Å²) in [4.78, 5) is 0. The van der Waals surface area contributed by atoms with Crippen LogP contribution in [0.3, 0.4) is 0 Å².